The molecule has 0 spiro atoms. The second-order valence-electron chi connectivity index (χ2n) is 6.31. The minimum Gasteiger partial charge on any atom is -0.418 e. The van der Waals surface area contributed by atoms with Gasteiger partial charge in [0.25, 0.3) is 5.89 Å². The minimum absolute atomic E-state index is 0.0279. The van der Waals surface area contributed by atoms with Crippen molar-refractivity contribution in [2.45, 2.75) is 39.3 Å². The van der Waals surface area contributed by atoms with E-state index in [2.05, 4.69) is 15.5 Å². The predicted molar refractivity (Wildman–Crippen MR) is 86.6 cm³/mol. The van der Waals surface area contributed by atoms with Gasteiger partial charge in [-0.05, 0) is 46.2 Å². The van der Waals surface area contributed by atoms with E-state index in [0.717, 1.165) is 4.88 Å². The van der Waals surface area contributed by atoms with Gasteiger partial charge in [-0.25, -0.2) is 0 Å². The maximum absolute atomic E-state index is 12.0. The van der Waals surface area contributed by atoms with Crippen molar-refractivity contribution in [3.05, 3.63) is 23.4 Å². The van der Waals surface area contributed by atoms with Crippen LogP contribution in [-0.4, -0.2) is 40.1 Å². The number of likely N-dealkylation sites (N-methyl/N-ethyl adjacent to an activating group) is 1. The van der Waals surface area contributed by atoms with Crippen molar-refractivity contribution in [2.24, 2.45) is 0 Å². The summed E-state index contributed by atoms with van der Waals surface area (Å²) in [5.74, 6) is 0.999. The lowest BCUT2D eigenvalue weighted by Gasteiger charge is -2.25. The predicted octanol–water partition coefficient (Wildman–Crippen LogP) is 2.71. The van der Waals surface area contributed by atoms with Gasteiger partial charge in [-0.3, -0.25) is 9.69 Å². The van der Waals surface area contributed by atoms with Gasteiger partial charge in [-0.1, -0.05) is 6.07 Å². The van der Waals surface area contributed by atoms with Crippen LogP contribution in [0, 0.1) is 0 Å². The molecule has 2 heterocycles. The van der Waals surface area contributed by atoms with Gasteiger partial charge in [0, 0.05) is 5.54 Å². The van der Waals surface area contributed by atoms with Gasteiger partial charge in [-0.15, -0.1) is 21.5 Å². The fraction of sp³-hybridized carbons (Fsp3) is 0.533. The van der Waals surface area contributed by atoms with Crippen molar-refractivity contribution in [3.8, 4) is 10.8 Å². The Morgan fingerprint density at radius 1 is 1.45 bits per heavy atom. The normalized spacial score (nSPS) is 13.4. The van der Waals surface area contributed by atoms with E-state index in [4.69, 9.17) is 4.42 Å². The highest BCUT2D eigenvalue weighted by atomic mass is 32.1. The fourth-order valence-corrected chi connectivity index (χ4v) is 2.56. The van der Waals surface area contributed by atoms with Crippen molar-refractivity contribution >= 4 is 17.2 Å². The lowest BCUT2D eigenvalue weighted by Crippen LogP contribution is -2.45. The van der Waals surface area contributed by atoms with Crippen molar-refractivity contribution < 1.29 is 9.21 Å². The monoisotopic (exact) mass is 322 g/mol. The van der Waals surface area contributed by atoms with E-state index in [9.17, 15) is 4.79 Å². The topological polar surface area (TPSA) is 71.3 Å². The summed E-state index contributed by atoms with van der Waals surface area (Å²) in [4.78, 5) is 14.8. The fourth-order valence-electron chi connectivity index (χ4n) is 1.91. The van der Waals surface area contributed by atoms with Crippen LogP contribution in [0.15, 0.2) is 21.9 Å². The van der Waals surface area contributed by atoms with Crippen molar-refractivity contribution in [1.29, 1.82) is 0 Å². The van der Waals surface area contributed by atoms with E-state index < -0.39 is 0 Å². The van der Waals surface area contributed by atoms with E-state index in [1.165, 1.54) is 0 Å². The largest absolute Gasteiger partial charge is 0.418 e. The second kappa shape index (κ2) is 6.58. The first kappa shape index (κ1) is 16.6. The van der Waals surface area contributed by atoms with Crippen molar-refractivity contribution in [2.75, 3.05) is 13.6 Å². The van der Waals surface area contributed by atoms with Crippen LogP contribution in [0.3, 0.4) is 0 Å². The molecule has 7 heteroatoms. The van der Waals surface area contributed by atoms with Crippen LogP contribution >= 0.6 is 11.3 Å². The minimum atomic E-state index is -0.238. The van der Waals surface area contributed by atoms with Crippen molar-refractivity contribution in [3.63, 3.8) is 0 Å². The molecular formula is C15H22N4O2S. The summed E-state index contributed by atoms with van der Waals surface area (Å²) < 4.78 is 5.71. The van der Waals surface area contributed by atoms with Crippen LogP contribution in [0.2, 0.25) is 0 Å². The molecule has 0 aliphatic heterocycles. The first-order valence-electron chi connectivity index (χ1n) is 7.15. The molecule has 1 amide bonds. The first-order chi connectivity index (χ1) is 10.3. The summed E-state index contributed by atoms with van der Waals surface area (Å²) in [7, 11) is 1.86. The molecule has 22 heavy (non-hydrogen) atoms. The van der Waals surface area contributed by atoms with Crippen LogP contribution in [-0.2, 0) is 4.79 Å². The number of nitrogens with one attached hydrogen (secondary N) is 1. The Morgan fingerprint density at radius 3 is 2.77 bits per heavy atom. The number of amides is 1. The third-order valence-electron chi connectivity index (χ3n) is 3.10. The number of carbonyl (C=O) groups excluding carboxylic acids is 1. The molecule has 120 valence electrons. The van der Waals surface area contributed by atoms with Crippen LogP contribution in [0.1, 0.15) is 39.6 Å². The van der Waals surface area contributed by atoms with Gasteiger partial charge in [0.2, 0.25) is 11.8 Å². The molecule has 0 saturated heterocycles. The number of thiophene rings is 1. The Balaban J connectivity index is 1.99. The number of nitrogens with zero attached hydrogens (tertiary/aromatic N) is 3. The average Bonchev–Trinajstić information content (AvgIpc) is 3.06. The molecule has 0 radical (unpaired) electrons. The molecule has 0 saturated carbocycles. The highest BCUT2D eigenvalue weighted by molar-refractivity contribution is 7.13. The molecule has 6 nitrogen and oxygen atoms in total. The van der Waals surface area contributed by atoms with Crippen LogP contribution in [0.5, 0.6) is 0 Å². The van der Waals surface area contributed by atoms with Gasteiger partial charge < -0.3 is 9.73 Å². The van der Waals surface area contributed by atoms with Crippen LogP contribution in [0.4, 0.5) is 0 Å². The number of aromatic nitrogens is 2. The maximum atomic E-state index is 12.0. The molecule has 2 aromatic heterocycles. The third kappa shape index (κ3) is 4.38. The van der Waals surface area contributed by atoms with E-state index >= 15 is 0 Å². The van der Waals surface area contributed by atoms with Gasteiger partial charge in [0.1, 0.15) is 0 Å². The molecule has 0 aliphatic rings. The zero-order chi connectivity index (χ0) is 16.3. The third-order valence-corrected chi connectivity index (χ3v) is 3.96. The van der Waals surface area contributed by atoms with Crippen LogP contribution in [0.25, 0.3) is 10.8 Å². The van der Waals surface area contributed by atoms with E-state index in [1.54, 1.807) is 11.3 Å². The Kier molecular flexibility index (Phi) is 4.97. The van der Waals surface area contributed by atoms with Gasteiger partial charge in [0.05, 0.1) is 17.5 Å². The maximum Gasteiger partial charge on any atom is 0.257 e. The Hall–Kier alpha value is -1.73. The van der Waals surface area contributed by atoms with Gasteiger partial charge >= 0.3 is 0 Å². The lowest BCUT2D eigenvalue weighted by atomic mass is 10.1. The number of carbonyl (C=O) groups is 1. The Bertz CT molecular complexity index is 616. The highest BCUT2D eigenvalue weighted by Gasteiger charge is 2.22. The lowest BCUT2D eigenvalue weighted by molar-refractivity contribution is -0.123. The zero-order valence-corrected chi connectivity index (χ0v) is 14.4. The Labute approximate surface area is 134 Å². The summed E-state index contributed by atoms with van der Waals surface area (Å²) in [5, 5.41) is 13.1. The molecular weight excluding hydrogens is 300 g/mol. The van der Waals surface area contributed by atoms with E-state index in [-0.39, 0.29) is 24.0 Å². The van der Waals surface area contributed by atoms with Crippen molar-refractivity contribution in [1.82, 2.24) is 20.4 Å². The number of rotatable bonds is 5. The smallest absolute Gasteiger partial charge is 0.257 e. The molecule has 0 fully saturated rings. The Morgan fingerprint density at radius 2 is 2.18 bits per heavy atom. The number of hydrogen-bond acceptors (Lipinski definition) is 6. The van der Waals surface area contributed by atoms with Gasteiger partial charge in [-0.2, -0.15) is 0 Å². The molecule has 0 bridgehead atoms. The summed E-state index contributed by atoms with van der Waals surface area (Å²) in [6.07, 6.45) is 0. The molecule has 0 aromatic carbocycles. The molecule has 2 rings (SSSR count). The standard InChI is InChI=1S/C15H22N4O2S/c1-10(19(5)9-12(20)16-15(2,3)4)13-17-18-14(21-13)11-7-6-8-22-11/h6-8,10H,9H2,1-5H3,(H,16,20)/t10-/m0/s1. The van der Waals surface area contributed by atoms with E-state index in [0.29, 0.717) is 11.8 Å². The zero-order valence-electron chi connectivity index (χ0n) is 13.6. The summed E-state index contributed by atoms with van der Waals surface area (Å²) in [5.41, 5.74) is -0.238. The highest BCUT2D eigenvalue weighted by Crippen LogP contribution is 2.26. The average molecular weight is 322 g/mol. The summed E-state index contributed by atoms with van der Waals surface area (Å²) >= 11 is 1.55. The molecule has 1 N–H and O–H groups in total. The summed E-state index contributed by atoms with van der Waals surface area (Å²) in [6, 6.07) is 3.75. The molecule has 1 atom stereocenters. The number of hydrogen-bond donors (Lipinski definition) is 1. The quantitative estimate of drug-likeness (QED) is 0.916. The molecule has 2 aromatic rings. The molecule has 0 unspecified atom stereocenters. The first-order valence-corrected chi connectivity index (χ1v) is 8.03. The van der Waals surface area contributed by atoms with E-state index in [1.807, 2.05) is 57.2 Å². The van der Waals surface area contributed by atoms with Crippen LogP contribution < -0.4 is 5.32 Å². The molecule has 0 aliphatic carbocycles. The second-order valence-corrected chi connectivity index (χ2v) is 7.26. The van der Waals surface area contributed by atoms with Gasteiger partial charge in [0.15, 0.2) is 0 Å². The SMILES string of the molecule is C[C@@H](c1nnc(-c2cccs2)o1)N(C)CC(=O)NC(C)(C)C. The summed E-state index contributed by atoms with van der Waals surface area (Å²) in [6.45, 7) is 8.09.